The van der Waals surface area contributed by atoms with Crippen molar-refractivity contribution in [3.63, 3.8) is 0 Å². The van der Waals surface area contributed by atoms with Crippen molar-refractivity contribution in [2.75, 3.05) is 37.0 Å². The Morgan fingerprint density at radius 3 is 2.69 bits per heavy atom. The number of morpholine rings is 1. The van der Waals surface area contributed by atoms with Gasteiger partial charge in [-0.3, -0.25) is 4.98 Å². The number of hydrogen-bond donors (Lipinski definition) is 0. The Kier molecular flexibility index (Phi) is 6.16. The van der Waals surface area contributed by atoms with E-state index in [1.807, 2.05) is 25.1 Å². The monoisotopic (exact) mass is 376 g/mol. The maximum atomic E-state index is 12.4. The smallest absolute Gasteiger partial charge is 0.180 e. The van der Waals surface area contributed by atoms with Crippen LogP contribution in [0.3, 0.4) is 0 Å². The van der Waals surface area contributed by atoms with Gasteiger partial charge in [-0.15, -0.1) is 0 Å². The molecule has 8 heteroatoms. The maximum absolute atomic E-state index is 12.4. The highest BCUT2D eigenvalue weighted by molar-refractivity contribution is 7.90. The first-order valence-electron chi connectivity index (χ1n) is 8.90. The van der Waals surface area contributed by atoms with E-state index in [0.29, 0.717) is 36.8 Å². The number of sulfone groups is 1. The van der Waals surface area contributed by atoms with Gasteiger partial charge in [0.25, 0.3) is 0 Å². The number of rotatable bonds is 7. The maximum Gasteiger partial charge on any atom is 0.180 e. The van der Waals surface area contributed by atoms with Crippen LogP contribution in [-0.2, 0) is 20.3 Å². The van der Waals surface area contributed by atoms with E-state index in [1.54, 1.807) is 12.3 Å². The molecule has 0 aliphatic carbocycles. The Morgan fingerprint density at radius 2 is 2.00 bits per heavy atom. The highest BCUT2D eigenvalue weighted by Gasteiger charge is 2.19. The summed E-state index contributed by atoms with van der Waals surface area (Å²) in [7, 11) is -3.20. The minimum atomic E-state index is -3.20. The third-order valence-electron chi connectivity index (χ3n) is 4.17. The van der Waals surface area contributed by atoms with Crippen LogP contribution in [0.5, 0.6) is 0 Å². The van der Waals surface area contributed by atoms with Crippen molar-refractivity contribution in [2.24, 2.45) is 0 Å². The fourth-order valence-electron chi connectivity index (χ4n) is 2.78. The number of aromatic nitrogens is 3. The summed E-state index contributed by atoms with van der Waals surface area (Å²) >= 11 is 0. The summed E-state index contributed by atoms with van der Waals surface area (Å²) in [5.41, 5.74) is 1.15. The van der Waals surface area contributed by atoms with Crippen LogP contribution in [0.1, 0.15) is 25.5 Å². The van der Waals surface area contributed by atoms with Gasteiger partial charge in [-0.25, -0.2) is 18.4 Å². The molecule has 2 aromatic heterocycles. The van der Waals surface area contributed by atoms with Crippen molar-refractivity contribution >= 4 is 15.7 Å². The second-order valence-corrected chi connectivity index (χ2v) is 8.49. The summed E-state index contributed by atoms with van der Waals surface area (Å²) in [6.45, 7) is 4.69. The van der Waals surface area contributed by atoms with Crippen LogP contribution in [-0.4, -0.2) is 55.4 Å². The van der Waals surface area contributed by atoms with Gasteiger partial charge in [-0.2, -0.15) is 0 Å². The molecule has 0 aromatic carbocycles. The summed E-state index contributed by atoms with van der Waals surface area (Å²) in [5, 5.41) is 0. The van der Waals surface area contributed by atoms with Gasteiger partial charge in [0, 0.05) is 25.4 Å². The largest absolute Gasteiger partial charge is 0.378 e. The zero-order chi connectivity index (χ0) is 18.4. The van der Waals surface area contributed by atoms with Crippen molar-refractivity contribution in [2.45, 2.75) is 25.5 Å². The van der Waals surface area contributed by atoms with E-state index in [2.05, 4.69) is 19.9 Å². The topological polar surface area (TPSA) is 85.3 Å². The molecule has 26 heavy (non-hydrogen) atoms. The van der Waals surface area contributed by atoms with E-state index in [1.165, 1.54) is 0 Å². The Morgan fingerprint density at radius 1 is 1.19 bits per heavy atom. The molecule has 0 amide bonds. The molecule has 2 aromatic rings. The molecule has 7 nitrogen and oxygen atoms in total. The molecule has 0 spiro atoms. The lowest BCUT2D eigenvalue weighted by molar-refractivity contribution is 0.122. The fraction of sp³-hybridized carbons (Fsp3) is 0.500. The third-order valence-corrected chi connectivity index (χ3v) is 5.82. The van der Waals surface area contributed by atoms with Crippen molar-refractivity contribution in [1.29, 1.82) is 0 Å². The molecular weight excluding hydrogens is 352 g/mol. The van der Waals surface area contributed by atoms with Gasteiger partial charge in [-0.05, 0) is 18.6 Å². The summed E-state index contributed by atoms with van der Waals surface area (Å²) in [5.74, 6) is 1.28. The Labute approximate surface area is 154 Å². The minimum Gasteiger partial charge on any atom is -0.378 e. The molecule has 0 radical (unpaired) electrons. The molecule has 3 rings (SSSR count). The van der Waals surface area contributed by atoms with Gasteiger partial charge in [0.2, 0.25) is 0 Å². The van der Waals surface area contributed by atoms with Gasteiger partial charge in [0.15, 0.2) is 15.7 Å². The average molecular weight is 376 g/mol. The zero-order valence-corrected chi connectivity index (χ0v) is 15.8. The van der Waals surface area contributed by atoms with Gasteiger partial charge < -0.3 is 9.64 Å². The van der Waals surface area contributed by atoms with Gasteiger partial charge in [0.05, 0.1) is 30.4 Å². The van der Waals surface area contributed by atoms with E-state index >= 15 is 0 Å². The number of pyridine rings is 1. The van der Waals surface area contributed by atoms with Crippen molar-refractivity contribution in [1.82, 2.24) is 15.0 Å². The predicted octanol–water partition coefficient (Wildman–Crippen LogP) is 2.09. The van der Waals surface area contributed by atoms with Crippen LogP contribution in [0.25, 0.3) is 11.5 Å². The Balaban J connectivity index is 1.94. The highest BCUT2D eigenvalue weighted by Crippen LogP contribution is 2.21. The van der Waals surface area contributed by atoms with Crippen LogP contribution in [0.2, 0.25) is 0 Å². The number of anilines is 1. The first-order chi connectivity index (χ1) is 12.6. The van der Waals surface area contributed by atoms with Gasteiger partial charge >= 0.3 is 0 Å². The second-order valence-electron chi connectivity index (χ2n) is 6.30. The molecule has 0 N–H and O–H groups in total. The molecular formula is C18H24N4O3S. The van der Waals surface area contributed by atoms with Crippen molar-refractivity contribution in [3.8, 4) is 11.5 Å². The molecule has 0 saturated carbocycles. The van der Waals surface area contributed by atoms with E-state index < -0.39 is 9.84 Å². The van der Waals surface area contributed by atoms with Crippen LogP contribution in [0.4, 0.5) is 5.82 Å². The molecule has 0 bridgehead atoms. The van der Waals surface area contributed by atoms with E-state index in [9.17, 15) is 8.42 Å². The molecule has 1 fully saturated rings. The zero-order valence-electron chi connectivity index (χ0n) is 15.0. The Bertz CT molecular complexity index is 822. The quantitative estimate of drug-likeness (QED) is 0.731. The average Bonchev–Trinajstić information content (AvgIpc) is 2.67. The van der Waals surface area contributed by atoms with Gasteiger partial charge in [0.1, 0.15) is 11.5 Å². The van der Waals surface area contributed by atoms with Crippen molar-refractivity contribution < 1.29 is 13.2 Å². The molecule has 0 unspecified atom stereocenters. The van der Waals surface area contributed by atoms with Gasteiger partial charge in [-0.1, -0.05) is 19.4 Å². The normalized spacial score (nSPS) is 15.2. The first-order valence-corrected chi connectivity index (χ1v) is 10.7. The molecule has 1 aliphatic rings. The lowest BCUT2D eigenvalue weighted by Gasteiger charge is -2.28. The number of hydrogen-bond acceptors (Lipinski definition) is 7. The standard InChI is InChI=1S/C18H24N4O3S/c1-2-3-12-26(23,24)14-15-13-17(22-8-10-25-11-9-22)21-18(20-15)16-6-4-5-7-19-16/h4-7,13H,2-3,8-12,14H2,1H3. The van der Waals surface area contributed by atoms with E-state index in [-0.39, 0.29) is 11.5 Å². The van der Waals surface area contributed by atoms with Crippen LogP contribution in [0.15, 0.2) is 30.5 Å². The molecule has 1 aliphatic heterocycles. The molecule has 0 atom stereocenters. The first kappa shape index (κ1) is 18.7. The number of nitrogens with zero attached hydrogens (tertiary/aromatic N) is 4. The summed E-state index contributed by atoms with van der Waals surface area (Å²) in [6.07, 6.45) is 3.19. The lowest BCUT2D eigenvalue weighted by atomic mass is 10.3. The molecule has 1 saturated heterocycles. The summed E-state index contributed by atoms with van der Waals surface area (Å²) in [4.78, 5) is 15.5. The summed E-state index contributed by atoms with van der Waals surface area (Å²) < 4.78 is 30.2. The van der Waals surface area contributed by atoms with Crippen LogP contribution < -0.4 is 4.90 Å². The van der Waals surface area contributed by atoms with Crippen LogP contribution >= 0.6 is 0 Å². The molecule has 140 valence electrons. The Hall–Kier alpha value is -2.06. The highest BCUT2D eigenvalue weighted by atomic mass is 32.2. The van der Waals surface area contributed by atoms with E-state index in [0.717, 1.165) is 25.3 Å². The third kappa shape index (κ3) is 4.98. The lowest BCUT2D eigenvalue weighted by Crippen LogP contribution is -2.37. The van der Waals surface area contributed by atoms with Crippen molar-refractivity contribution in [3.05, 3.63) is 36.2 Å². The predicted molar refractivity (Wildman–Crippen MR) is 101 cm³/mol. The molecule has 3 heterocycles. The second kappa shape index (κ2) is 8.55. The van der Waals surface area contributed by atoms with Crippen LogP contribution in [0, 0.1) is 0 Å². The minimum absolute atomic E-state index is 0.0767. The number of unbranched alkanes of at least 4 members (excludes halogenated alkanes) is 1. The SMILES string of the molecule is CCCCS(=O)(=O)Cc1cc(N2CCOCC2)nc(-c2ccccn2)n1. The fourth-order valence-corrected chi connectivity index (χ4v) is 4.25. The summed E-state index contributed by atoms with van der Waals surface area (Å²) in [6, 6.07) is 7.30. The number of ether oxygens (including phenoxy) is 1. The van der Waals surface area contributed by atoms with E-state index in [4.69, 9.17) is 4.74 Å².